The third-order valence-corrected chi connectivity index (χ3v) is 5.67. The van der Waals surface area contributed by atoms with Gasteiger partial charge in [-0.15, -0.1) is 0 Å². The van der Waals surface area contributed by atoms with E-state index in [0.29, 0.717) is 31.7 Å². The average molecular weight is 513 g/mol. The lowest BCUT2D eigenvalue weighted by Crippen LogP contribution is -2.35. The van der Waals surface area contributed by atoms with Gasteiger partial charge in [0.25, 0.3) is 0 Å². The molecule has 0 aliphatic rings. The summed E-state index contributed by atoms with van der Waals surface area (Å²) in [4.78, 5) is 9.19. The van der Waals surface area contributed by atoms with Crippen molar-refractivity contribution < 1.29 is 0 Å². The number of hydrogen-bond acceptors (Lipinski definition) is 5. The first-order chi connectivity index (χ1) is 15.9. The van der Waals surface area contributed by atoms with Crippen molar-refractivity contribution in [2.45, 2.75) is 6.92 Å². The van der Waals surface area contributed by atoms with Crippen LogP contribution in [-0.2, 0) is 0 Å². The summed E-state index contributed by atoms with van der Waals surface area (Å²) in [5.74, 6) is 0.847. The largest absolute Gasteiger partial charge is 0.331 e. The van der Waals surface area contributed by atoms with Gasteiger partial charge in [0.2, 0.25) is 10.7 Å². The Morgan fingerprint density at radius 1 is 0.879 bits per heavy atom. The molecule has 3 aromatic carbocycles. The third-order valence-electron chi connectivity index (χ3n) is 4.68. The molecule has 3 N–H and O–H groups in total. The van der Waals surface area contributed by atoms with Crippen molar-refractivity contribution in [1.82, 2.24) is 20.0 Å². The summed E-state index contributed by atoms with van der Waals surface area (Å²) in [6.45, 7) is 2.00. The van der Waals surface area contributed by atoms with Crippen LogP contribution in [0.25, 0.3) is 17.1 Å². The van der Waals surface area contributed by atoms with Gasteiger partial charge in [-0.1, -0.05) is 41.4 Å². The van der Waals surface area contributed by atoms with Crippen LogP contribution < -0.4 is 16.2 Å². The summed E-state index contributed by atoms with van der Waals surface area (Å²) in [6, 6.07) is 22.3. The summed E-state index contributed by atoms with van der Waals surface area (Å²) < 4.78 is 1.99. The van der Waals surface area contributed by atoms with E-state index in [0.717, 1.165) is 22.5 Å². The highest BCUT2D eigenvalue weighted by molar-refractivity contribution is 7.80. The minimum Gasteiger partial charge on any atom is -0.331 e. The number of aryl methyl sites for hydroxylation is 1. The Balaban J connectivity index is 1.67. The standard InChI is InChI=1S/C23H18Cl2N6S2/c1-14-4-2-3-5-19(14)26-22(32)30-29-21-27-20(15-6-8-16(24)9-7-15)28-23(33)31(21)18-12-10-17(25)11-13-18/h2-13H,1H3,(H2,26,30,32)(H,27,28,29,33). The van der Waals surface area contributed by atoms with Crippen LogP contribution >= 0.6 is 47.6 Å². The molecule has 33 heavy (non-hydrogen) atoms. The Morgan fingerprint density at radius 2 is 1.52 bits per heavy atom. The number of nitrogens with zero attached hydrogens (tertiary/aromatic N) is 3. The molecule has 0 radical (unpaired) electrons. The van der Waals surface area contributed by atoms with Gasteiger partial charge in [0.15, 0.2) is 10.9 Å². The Bertz CT molecular complexity index is 1350. The van der Waals surface area contributed by atoms with Crippen LogP contribution in [-0.4, -0.2) is 19.6 Å². The fourth-order valence-corrected chi connectivity index (χ4v) is 3.71. The summed E-state index contributed by atoms with van der Waals surface area (Å²) in [5, 5.41) is 4.76. The van der Waals surface area contributed by atoms with E-state index in [1.807, 2.05) is 55.5 Å². The molecule has 0 fully saturated rings. The van der Waals surface area contributed by atoms with Crippen LogP contribution in [0.3, 0.4) is 0 Å². The Labute approximate surface area is 211 Å². The molecule has 1 heterocycles. The summed E-state index contributed by atoms with van der Waals surface area (Å²) in [6.07, 6.45) is 0. The van der Waals surface area contributed by atoms with Crippen molar-refractivity contribution >= 4 is 64.4 Å². The van der Waals surface area contributed by atoms with Crippen molar-refractivity contribution in [3.8, 4) is 17.1 Å². The molecule has 6 nitrogen and oxygen atoms in total. The number of thiocarbonyl (C=S) groups is 1. The normalized spacial score (nSPS) is 10.5. The van der Waals surface area contributed by atoms with Gasteiger partial charge in [-0.2, -0.15) is 9.97 Å². The third kappa shape index (κ3) is 5.66. The molecule has 0 spiro atoms. The molecule has 0 aliphatic heterocycles. The van der Waals surface area contributed by atoms with Crippen molar-refractivity contribution in [1.29, 1.82) is 0 Å². The number of nitrogens with one attached hydrogen (secondary N) is 3. The molecule has 0 saturated heterocycles. The minimum absolute atomic E-state index is 0.305. The molecule has 4 rings (SSSR count). The molecule has 10 heteroatoms. The Morgan fingerprint density at radius 3 is 2.18 bits per heavy atom. The van der Waals surface area contributed by atoms with Gasteiger partial charge in [-0.25, -0.2) is 0 Å². The van der Waals surface area contributed by atoms with Crippen LogP contribution in [0.4, 0.5) is 11.6 Å². The van der Waals surface area contributed by atoms with Gasteiger partial charge in [-0.05, 0) is 91.5 Å². The monoisotopic (exact) mass is 512 g/mol. The quantitative estimate of drug-likeness (QED) is 0.205. The van der Waals surface area contributed by atoms with Gasteiger partial charge >= 0.3 is 0 Å². The van der Waals surface area contributed by atoms with Crippen LogP contribution in [0.15, 0.2) is 72.8 Å². The van der Waals surface area contributed by atoms with Gasteiger partial charge < -0.3 is 5.32 Å². The number of hydrazine groups is 1. The number of halogens is 2. The van der Waals surface area contributed by atoms with Crippen LogP contribution in [0.2, 0.25) is 10.0 Å². The number of aromatic nitrogens is 3. The number of rotatable bonds is 5. The van der Waals surface area contributed by atoms with E-state index in [1.165, 1.54) is 0 Å². The van der Waals surface area contributed by atoms with Gasteiger partial charge in [-0.3, -0.25) is 15.4 Å². The first kappa shape index (κ1) is 23.1. The zero-order valence-corrected chi connectivity index (χ0v) is 20.5. The molecule has 0 saturated carbocycles. The lowest BCUT2D eigenvalue weighted by atomic mass is 10.2. The van der Waals surface area contributed by atoms with Crippen molar-refractivity contribution in [3.63, 3.8) is 0 Å². The van der Waals surface area contributed by atoms with Gasteiger partial charge in [0.1, 0.15) is 0 Å². The molecule has 0 bridgehead atoms. The fraction of sp³-hybridized carbons (Fsp3) is 0.0435. The maximum absolute atomic E-state index is 6.06. The second-order valence-corrected chi connectivity index (χ2v) is 8.64. The zero-order chi connectivity index (χ0) is 23.4. The Kier molecular flexibility index (Phi) is 7.20. The zero-order valence-electron chi connectivity index (χ0n) is 17.3. The number of anilines is 2. The first-order valence-electron chi connectivity index (χ1n) is 9.82. The molecular formula is C23H18Cl2N6S2. The molecule has 0 aliphatic carbocycles. The fourth-order valence-electron chi connectivity index (χ4n) is 3.02. The maximum atomic E-state index is 6.06. The van der Waals surface area contributed by atoms with Crippen LogP contribution in [0.5, 0.6) is 0 Å². The topological polar surface area (TPSA) is 66.8 Å². The maximum Gasteiger partial charge on any atom is 0.230 e. The highest BCUT2D eigenvalue weighted by atomic mass is 35.5. The van der Waals surface area contributed by atoms with E-state index >= 15 is 0 Å². The molecule has 0 unspecified atom stereocenters. The number of hydrogen-bond donors (Lipinski definition) is 3. The smallest absolute Gasteiger partial charge is 0.230 e. The molecule has 0 amide bonds. The molecule has 166 valence electrons. The number of para-hydroxylation sites is 1. The molecule has 0 atom stereocenters. The van der Waals surface area contributed by atoms with E-state index in [2.05, 4.69) is 26.1 Å². The second kappa shape index (κ2) is 10.3. The van der Waals surface area contributed by atoms with Crippen LogP contribution in [0.1, 0.15) is 5.56 Å². The number of benzene rings is 3. The lowest BCUT2D eigenvalue weighted by Gasteiger charge is -2.18. The Hall–Kier alpha value is -3.04. The molecule has 1 aromatic heterocycles. The van der Waals surface area contributed by atoms with Crippen LogP contribution in [0, 0.1) is 11.7 Å². The average Bonchev–Trinajstić information content (AvgIpc) is 2.80. The minimum atomic E-state index is 0.305. The van der Waals surface area contributed by atoms with E-state index in [4.69, 9.17) is 47.6 Å². The van der Waals surface area contributed by atoms with Crippen molar-refractivity contribution in [2.75, 3.05) is 10.7 Å². The van der Waals surface area contributed by atoms with Crippen molar-refractivity contribution in [3.05, 3.63) is 93.2 Å². The first-order valence-corrected chi connectivity index (χ1v) is 11.4. The van der Waals surface area contributed by atoms with E-state index < -0.39 is 0 Å². The summed E-state index contributed by atoms with van der Waals surface area (Å²) >= 11 is 23.1. The summed E-state index contributed by atoms with van der Waals surface area (Å²) in [5.41, 5.74) is 9.52. The predicted molar refractivity (Wildman–Crippen MR) is 142 cm³/mol. The SMILES string of the molecule is Cc1ccccc1NC(=S)NNc1nc(-c2ccc(Cl)cc2)nc(=S)n1-c1ccc(Cl)cc1. The second-order valence-electron chi connectivity index (χ2n) is 6.99. The highest BCUT2D eigenvalue weighted by Crippen LogP contribution is 2.23. The van der Waals surface area contributed by atoms with Gasteiger partial charge in [0, 0.05) is 21.3 Å². The summed E-state index contributed by atoms with van der Waals surface area (Å²) in [7, 11) is 0. The molecular weight excluding hydrogens is 495 g/mol. The molecule has 4 aromatic rings. The lowest BCUT2D eigenvalue weighted by molar-refractivity contribution is 0.881. The van der Waals surface area contributed by atoms with E-state index in [1.54, 1.807) is 28.8 Å². The van der Waals surface area contributed by atoms with E-state index in [-0.39, 0.29) is 0 Å². The van der Waals surface area contributed by atoms with Gasteiger partial charge in [0.05, 0.1) is 5.69 Å². The van der Waals surface area contributed by atoms with E-state index in [9.17, 15) is 0 Å². The predicted octanol–water partition coefficient (Wildman–Crippen LogP) is 6.59. The highest BCUT2D eigenvalue weighted by Gasteiger charge is 2.12. The van der Waals surface area contributed by atoms with Crippen molar-refractivity contribution in [2.24, 2.45) is 0 Å².